The molecule has 5 heteroatoms. The fourth-order valence-corrected chi connectivity index (χ4v) is 8.42. The molecule has 0 saturated carbocycles. The molecule has 0 aliphatic carbocycles. The second-order valence-corrected chi connectivity index (χ2v) is 19.4. The minimum absolute atomic E-state index is 0. The molecule has 0 radical (unpaired) electrons. The van der Waals surface area contributed by atoms with Crippen LogP contribution in [-0.2, 0) is 26.5 Å². The van der Waals surface area contributed by atoms with E-state index in [9.17, 15) is 5.11 Å². The number of benzene rings is 6. The quantitative estimate of drug-likeness (QED) is 0.139. The summed E-state index contributed by atoms with van der Waals surface area (Å²) >= 11 is 0. The average molecular weight is 1050 g/mol. The number of aryl methyl sites for hydroxylation is 2. The van der Waals surface area contributed by atoms with Crippen LogP contribution in [0.2, 0.25) is 0 Å². The third-order valence-corrected chi connectivity index (χ3v) is 12.4. The van der Waals surface area contributed by atoms with Crippen LogP contribution in [-0.4, -0.2) is 19.6 Å². The van der Waals surface area contributed by atoms with Gasteiger partial charge in [-0.25, -0.2) is 4.98 Å². The summed E-state index contributed by atoms with van der Waals surface area (Å²) < 4.78 is 61.6. The van der Waals surface area contributed by atoms with E-state index >= 15 is 0 Å². The predicted molar refractivity (Wildman–Crippen MR) is 271 cm³/mol. The van der Waals surface area contributed by atoms with Gasteiger partial charge in [0.2, 0.25) is 0 Å². The van der Waals surface area contributed by atoms with Gasteiger partial charge in [0.25, 0.3) is 0 Å². The zero-order valence-corrected chi connectivity index (χ0v) is 41.7. The van der Waals surface area contributed by atoms with E-state index in [-0.39, 0.29) is 61.1 Å². The Balaban J connectivity index is 0.00000760. The van der Waals surface area contributed by atoms with Gasteiger partial charge in [-0.15, -0.1) is 29.3 Å². The Morgan fingerprint density at radius 1 is 0.646 bits per heavy atom. The monoisotopic (exact) mass is 1040 g/mol. The van der Waals surface area contributed by atoms with E-state index in [0.29, 0.717) is 33.8 Å². The van der Waals surface area contributed by atoms with Crippen molar-refractivity contribution in [1.82, 2.24) is 14.5 Å². The number of imidazole rings is 1. The zero-order chi connectivity index (χ0) is 51.7. The Labute approximate surface area is 412 Å². The van der Waals surface area contributed by atoms with Gasteiger partial charge in [0.1, 0.15) is 11.6 Å². The molecular formula is C60H64N3OPt-. The van der Waals surface area contributed by atoms with E-state index in [2.05, 4.69) is 84.9 Å². The number of aromatic nitrogens is 3. The van der Waals surface area contributed by atoms with Crippen molar-refractivity contribution in [3.8, 4) is 67.5 Å². The van der Waals surface area contributed by atoms with Crippen LogP contribution in [0.5, 0.6) is 5.75 Å². The first-order valence-electron chi connectivity index (χ1n) is 25.9. The molecule has 6 aromatic carbocycles. The SMILES string of the molecule is [2H]C([2H])([2H])c1ccc(-c2ccnc(-c3[c-]c(-c4cccc5c4nc(-c4cc(C(C)C)cc(C(C)C)c4O)n5-c4ccc(-c5cc(C(C)C)cc(C([2H])(C)C)c5)cc4C([2H])([2H])[2H])cc(C(C)(C)C)c3)c2)cc1.[Pt]. The van der Waals surface area contributed by atoms with Crippen molar-refractivity contribution in [3.63, 3.8) is 0 Å². The topological polar surface area (TPSA) is 50.9 Å². The maximum absolute atomic E-state index is 12.3. The molecular weight excluding hydrogens is 974 g/mol. The number of rotatable bonds is 10. The van der Waals surface area contributed by atoms with Gasteiger partial charge >= 0.3 is 0 Å². The largest absolute Gasteiger partial charge is 0.507 e. The summed E-state index contributed by atoms with van der Waals surface area (Å²) in [6.45, 7) is 18.0. The van der Waals surface area contributed by atoms with Gasteiger partial charge in [-0.2, -0.15) is 0 Å². The molecule has 0 aliphatic rings. The predicted octanol–water partition coefficient (Wildman–Crippen LogP) is 16.7. The van der Waals surface area contributed by atoms with Crippen LogP contribution in [0, 0.1) is 19.8 Å². The fraction of sp³-hybridized carbons (Fsp3) is 0.300. The minimum atomic E-state index is -2.57. The first-order chi connectivity index (χ1) is 33.1. The third-order valence-electron chi connectivity index (χ3n) is 12.4. The van der Waals surface area contributed by atoms with Gasteiger partial charge in [0, 0.05) is 42.6 Å². The van der Waals surface area contributed by atoms with Gasteiger partial charge < -0.3 is 5.11 Å². The van der Waals surface area contributed by atoms with E-state index in [1.165, 1.54) is 0 Å². The fourth-order valence-electron chi connectivity index (χ4n) is 8.42. The van der Waals surface area contributed by atoms with Crippen LogP contribution in [0.3, 0.4) is 0 Å². The smallest absolute Gasteiger partial charge is 0.148 e. The summed E-state index contributed by atoms with van der Waals surface area (Å²) in [7, 11) is 0. The number of phenolic OH excluding ortho intramolecular Hbond substituents is 1. The zero-order valence-electron chi connectivity index (χ0n) is 46.4. The molecule has 0 saturated heterocycles. The molecule has 336 valence electrons. The van der Waals surface area contributed by atoms with Crippen LogP contribution < -0.4 is 0 Å². The van der Waals surface area contributed by atoms with Crippen LogP contribution >= 0.6 is 0 Å². The van der Waals surface area contributed by atoms with E-state index in [4.69, 9.17) is 19.6 Å². The second-order valence-electron chi connectivity index (χ2n) is 19.4. The van der Waals surface area contributed by atoms with Crippen molar-refractivity contribution < 1.29 is 35.8 Å². The van der Waals surface area contributed by atoms with Gasteiger partial charge in [-0.05, 0) is 123 Å². The number of phenols is 1. The molecule has 2 heterocycles. The van der Waals surface area contributed by atoms with Crippen LogP contribution in [0.25, 0.3) is 72.7 Å². The van der Waals surface area contributed by atoms with E-state index in [0.717, 1.165) is 66.8 Å². The Kier molecular flexibility index (Phi) is 11.1. The number of nitrogens with zero attached hydrogens (tertiary/aromatic N) is 3. The molecule has 0 unspecified atom stereocenters. The van der Waals surface area contributed by atoms with Gasteiger partial charge in [0.15, 0.2) is 0 Å². The van der Waals surface area contributed by atoms with Crippen LogP contribution in [0.15, 0.2) is 121 Å². The number of hydrogen-bond acceptors (Lipinski definition) is 3. The van der Waals surface area contributed by atoms with Crippen molar-refractivity contribution in [1.29, 1.82) is 0 Å². The van der Waals surface area contributed by atoms with Crippen LogP contribution in [0.4, 0.5) is 0 Å². The third kappa shape index (κ3) is 9.57. The summed E-state index contributed by atoms with van der Waals surface area (Å²) in [6, 6.07) is 40.4. The average Bonchev–Trinajstić information content (AvgIpc) is 3.69. The number of aromatic hydroxyl groups is 1. The Bertz CT molecular complexity index is 3300. The second kappa shape index (κ2) is 18.7. The Morgan fingerprint density at radius 2 is 1.32 bits per heavy atom. The van der Waals surface area contributed by atoms with Gasteiger partial charge in [0.05, 0.1) is 22.3 Å². The molecule has 0 bridgehead atoms. The summed E-state index contributed by atoms with van der Waals surface area (Å²) in [5.41, 5.74) is 13.2. The van der Waals surface area contributed by atoms with E-state index in [1.54, 1.807) is 24.4 Å². The van der Waals surface area contributed by atoms with Crippen molar-refractivity contribution >= 4 is 11.0 Å². The molecule has 65 heavy (non-hydrogen) atoms. The first kappa shape index (κ1) is 38.7. The molecule has 4 nitrogen and oxygen atoms in total. The molecule has 2 aromatic heterocycles. The maximum atomic E-state index is 12.3. The Morgan fingerprint density at radius 3 is 1.98 bits per heavy atom. The van der Waals surface area contributed by atoms with Gasteiger partial charge in [-0.1, -0.05) is 166 Å². The number of fused-ring (bicyclic) bond motifs is 1. The van der Waals surface area contributed by atoms with Crippen molar-refractivity contribution in [2.45, 2.75) is 119 Å². The van der Waals surface area contributed by atoms with E-state index < -0.39 is 19.6 Å². The number of pyridine rings is 1. The summed E-state index contributed by atoms with van der Waals surface area (Å²) in [4.78, 5) is 10.3. The molecule has 8 rings (SSSR count). The normalized spacial score (nSPS) is 14.1. The summed E-state index contributed by atoms with van der Waals surface area (Å²) in [5, 5.41) is 12.3. The molecule has 0 aliphatic heterocycles. The Hall–Kier alpha value is -5.57. The van der Waals surface area contributed by atoms with Gasteiger partial charge in [-0.3, -0.25) is 9.55 Å². The van der Waals surface area contributed by atoms with E-state index in [1.807, 2.05) is 99.0 Å². The summed E-state index contributed by atoms with van der Waals surface area (Å²) in [5.74, 6) is -0.103. The standard InChI is InChI=1S/C60H64N3O.Pt/c1-35(2)44-26-45(36(3)4)28-47(27-44)42-21-22-55(40(10)25-42)63-56-16-14-15-51(57(56)62-59(63)53-33-46(37(5)6)32-52(38(7)8)58(53)64)48-29-49(31-50(30-48)60(11,12)13)54-34-43(23-24-61-54)41-19-17-39(9)18-20-41;/h14-28,30-38,64H,1-13H3;/q-1;/i9D3,10D3,35D;. The van der Waals surface area contributed by atoms with Crippen molar-refractivity contribution in [2.75, 3.05) is 0 Å². The summed E-state index contributed by atoms with van der Waals surface area (Å²) in [6.07, 6.45) is 1.75. The van der Waals surface area contributed by atoms with Crippen molar-refractivity contribution in [3.05, 3.63) is 166 Å². The molecule has 0 fully saturated rings. The maximum Gasteiger partial charge on any atom is 0.148 e. The number of para-hydroxylation sites is 1. The molecule has 8 aromatic rings. The first-order valence-corrected chi connectivity index (χ1v) is 22.4. The van der Waals surface area contributed by atoms with Crippen LogP contribution in [0.1, 0.15) is 148 Å². The molecule has 0 atom stereocenters. The number of hydrogen-bond donors (Lipinski definition) is 1. The molecule has 1 N–H and O–H groups in total. The molecule has 0 spiro atoms. The minimum Gasteiger partial charge on any atom is -0.507 e. The molecule has 0 amide bonds. The van der Waals surface area contributed by atoms with Crippen molar-refractivity contribution in [2.24, 2.45) is 0 Å².